The highest BCUT2D eigenvalue weighted by atomic mass is 16.1. The lowest BCUT2D eigenvalue weighted by atomic mass is 10.2. The molecule has 0 saturated carbocycles. The standard InChI is InChI=1S/C13H16N4O/c1-2-13(18)17-11-5-3-10(4-6-11)16-9-12-14-7-8-15-12/h3-8,16H,2,9H2,1H3,(H,14,15)(H,17,18). The summed E-state index contributed by atoms with van der Waals surface area (Å²) in [5.74, 6) is 0.907. The molecule has 0 spiro atoms. The molecule has 0 radical (unpaired) electrons. The van der Waals surface area contributed by atoms with Crippen LogP contribution < -0.4 is 10.6 Å². The summed E-state index contributed by atoms with van der Waals surface area (Å²) in [5.41, 5.74) is 1.80. The predicted octanol–water partition coefficient (Wildman–Crippen LogP) is 2.37. The van der Waals surface area contributed by atoms with Gasteiger partial charge in [0.25, 0.3) is 0 Å². The Morgan fingerprint density at radius 1 is 1.28 bits per heavy atom. The first-order chi connectivity index (χ1) is 8.78. The van der Waals surface area contributed by atoms with Crippen molar-refractivity contribution in [3.8, 4) is 0 Å². The van der Waals surface area contributed by atoms with Gasteiger partial charge in [-0.05, 0) is 24.3 Å². The Morgan fingerprint density at radius 2 is 2.00 bits per heavy atom. The van der Waals surface area contributed by atoms with Gasteiger partial charge in [0, 0.05) is 30.2 Å². The van der Waals surface area contributed by atoms with Gasteiger partial charge in [-0.1, -0.05) is 6.92 Å². The molecule has 1 amide bonds. The number of hydrogen-bond acceptors (Lipinski definition) is 3. The number of carbonyl (C=O) groups excluding carboxylic acids is 1. The van der Waals surface area contributed by atoms with Crippen LogP contribution in [0.4, 0.5) is 11.4 Å². The SMILES string of the molecule is CCC(=O)Nc1ccc(NCc2ncc[nH]2)cc1. The van der Waals surface area contributed by atoms with E-state index in [1.165, 1.54) is 0 Å². The van der Waals surface area contributed by atoms with Gasteiger partial charge in [0.1, 0.15) is 5.82 Å². The molecule has 0 unspecified atom stereocenters. The van der Waals surface area contributed by atoms with Crippen molar-refractivity contribution >= 4 is 17.3 Å². The van der Waals surface area contributed by atoms with Gasteiger partial charge >= 0.3 is 0 Å². The average molecular weight is 244 g/mol. The zero-order valence-corrected chi connectivity index (χ0v) is 10.2. The third-order valence-electron chi connectivity index (χ3n) is 2.50. The van der Waals surface area contributed by atoms with Crippen molar-refractivity contribution in [2.45, 2.75) is 19.9 Å². The number of carbonyl (C=O) groups is 1. The fourth-order valence-electron chi connectivity index (χ4n) is 1.50. The van der Waals surface area contributed by atoms with Crippen LogP contribution in [0.5, 0.6) is 0 Å². The van der Waals surface area contributed by atoms with Crippen molar-refractivity contribution in [3.63, 3.8) is 0 Å². The number of nitrogens with zero attached hydrogens (tertiary/aromatic N) is 1. The number of anilines is 2. The van der Waals surface area contributed by atoms with E-state index < -0.39 is 0 Å². The van der Waals surface area contributed by atoms with Crippen LogP contribution in [0.1, 0.15) is 19.2 Å². The summed E-state index contributed by atoms with van der Waals surface area (Å²) in [4.78, 5) is 18.4. The third-order valence-corrected chi connectivity index (χ3v) is 2.50. The van der Waals surface area contributed by atoms with Gasteiger partial charge in [-0.2, -0.15) is 0 Å². The molecule has 1 heterocycles. The van der Waals surface area contributed by atoms with Gasteiger partial charge in [0.05, 0.1) is 6.54 Å². The van der Waals surface area contributed by atoms with E-state index in [1.807, 2.05) is 31.2 Å². The third kappa shape index (κ3) is 3.35. The zero-order valence-electron chi connectivity index (χ0n) is 10.2. The number of hydrogen-bond donors (Lipinski definition) is 3. The Bertz CT molecular complexity index is 490. The summed E-state index contributed by atoms with van der Waals surface area (Å²) in [7, 11) is 0. The second-order valence-corrected chi connectivity index (χ2v) is 3.87. The van der Waals surface area contributed by atoms with Crippen LogP contribution in [0, 0.1) is 0 Å². The highest BCUT2D eigenvalue weighted by Crippen LogP contribution is 2.14. The van der Waals surface area contributed by atoms with Crippen molar-refractivity contribution in [1.29, 1.82) is 0 Å². The molecule has 94 valence electrons. The van der Waals surface area contributed by atoms with Crippen LogP contribution in [0.25, 0.3) is 0 Å². The lowest BCUT2D eigenvalue weighted by Crippen LogP contribution is -2.09. The van der Waals surface area contributed by atoms with Gasteiger partial charge in [0.2, 0.25) is 5.91 Å². The van der Waals surface area contributed by atoms with Crippen molar-refractivity contribution in [2.75, 3.05) is 10.6 Å². The van der Waals surface area contributed by atoms with E-state index >= 15 is 0 Å². The summed E-state index contributed by atoms with van der Waals surface area (Å²) in [6, 6.07) is 7.60. The number of H-pyrrole nitrogens is 1. The summed E-state index contributed by atoms with van der Waals surface area (Å²) in [6.45, 7) is 2.47. The Hall–Kier alpha value is -2.30. The summed E-state index contributed by atoms with van der Waals surface area (Å²) >= 11 is 0. The Balaban J connectivity index is 1.89. The fourth-order valence-corrected chi connectivity index (χ4v) is 1.50. The molecular weight excluding hydrogens is 228 g/mol. The first-order valence-electron chi connectivity index (χ1n) is 5.90. The minimum Gasteiger partial charge on any atom is -0.378 e. The largest absolute Gasteiger partial charge is 0.378 e. The molecule has 5 heteroatoms. The Kier molecular flexibility index (Phi) is 3.96. The van der Waals surface area contributed by atoms with Crippen LogP contribution in [0.2, 0.25) is 0 Å². The van der Waals surface area contributed by atoms with Crippen LogP contribution in [0.15, 0.2) is 36.7 Å². The molecule has 2 aromatic rings. The maximum absolute atomic E-state index is 11.2. The fraction of sp³-hybridized carbons (Fsp3) is 0.231. The number of imidazole rings is 1. The topological polar surface area (TPSA) is 69.8 Å². The van der Waals surface area contributed by atoms with Crippen molar-refractivity contribution in [2.24, 2.45) is 0 Å². The first kappa shape index (κ1) is 12.2. The number of aromatic nitrogens is 2. The molecule has 0 fully saturated rings. The quantitative estimate of drug-likeness (QED) is 0.756. The smallest absolute Gasteiger partial charge is 0.224 e. The first-order valence-corrected chi connectivity index (χ1v) is 5.90. The highest BCUT2D eigenvalue weighted by molar-refractivity contribution is 5.90. The summed E-state index contributed by atoms with van der Waals surface area (Å²) in [6.07, 6.45) is 4.00. The number of benzene rings is 1. The van der Waals surface area contributed by atoms with E-state index in [0.29, 0.717) is 13.0 Å². The van der Waals surface area contributed by atoms with Gasteiger partial charge in [-0.3, -0.25) is 4.79 Å². The van der Waals surface area contributed by atoms with E-state index in [0.717, 1.165) is 17.2 Å². The number of aromatic amines is 1. The zero-order chi connectivity index (χ0) is 12.8. The lowest BCUT2D eigenvalue weighted by molar-refractivity contribution is -0.115. The van der Waals surface area contributed by atoms with Crippen molar-refractivity contribution < 1.29 is 4.79 Å². The Labute approximate surface area is 106 Å². The minimum atomic E-state index is 0.0197. The minimum absolute atomic E-state index is 0.0197. The van der Waals surface area contributed by atoms with E-state index in [4.69, 9.17) is 0 Å². The van der Waals surface area contributed by atoms with Gasteiger partial charge < -0.3 is 15.6 Å². The summed E-state index contributed by atoms with van der Waals surface area (Å²) < 4.78 is 0. The monoisotopic (exact) mass is 244 g/mol. The molecule has 3 N–H and O–H groups in total. The molecule has 5 nitrogen and oxygen atoms in total. The van der Waals surface area contributed by atoms with Crippen molar-refractivity contribution in [1.82, 2.24) is 9.97 Å². The van der Waals surface area contributed by atoms with E-state index in [2.05, 4.69) is 20.6 Å². The predicted molar refractivity (Wildman–Crippen MR) is 71.3 cm³/mol. The maximum atomic E-state index is 11.2. The van der Waals surface area contributed by atoms with Crippen molar-refractivity contribution in [3.05, 3.63) is 42.5 Å². The molecule has 0 aliphatic heterocycles. The molecule has 0 atom stereocenters. The molecule has 0 saturated heterocycles. The molecule has 1 aromatic carbocycles. The van der Waals surface area contributed by atoms with Crippen LogP contribution >= 0.6 is 0 Å². The second-order valence-electron chi connectivity index (χ2n) is 3.87. The average Bonchev–Trinajstić information content (AvgIpc) is 2.91. The lowest BCUT2D eigenvalue weighted by Gasteiger charge is -2.07. The van der Waals surface area contributed by atoms with Crippen LogP contribution in [-0.4, -0.2) is 15.9 Å². The molecule has 2 rings (SSSR count). The van der Waals surface area contributed by atoms with Gasteiger partial charge in [0.15, 0.2) is 0 Å². The molecule has 1 aromatic heterocycles. The molecule has 0 bridgehead atoms. The van der Waals surface area contributed by atoms with E-state index in [1.54, 1.807) is 12.4 Å². The van der Waals surface area contributed by atoms with Crippen LogP contribution in [-0.2, 0) is 11.3 Å². The molecule has 0 aliphatic rings. The number of amides is 1. The highest BCUT2D eigenvalue weighted by Gasteiger charge is 1.99. The maximum Gasteiger partial charge on any atom is 0.224 e. The number of rotatable bonds is 5. The molecule has 18 heavy (non-hydrogen) atoms. The molecular formula is C13H16N4O. The van der Waals surface area contributed by atoms with E-state index in [9.17, 15) is 4.79 Å². The normalized spacial score (nSPS) is 10.1. The Morgan fingerprint density at radius 3 is 2.61 bits per heavy atom. The summed E-state index contributed by atoms with van der Waals surface area (Å²) in [5, 5.41) is 6.04. The second kappa shape index (κ2) is 5.86. The molecule has 0 aliphatic carbocycles. The number of nitrogens with one attached hydrogen (secondary N) is 3. The van der Waals surface area contributed by atoms with Gasteiger partial charge in [-0.15, -0.1) is 0 Å². The van der Waals surface area contributed by atoms with Crippen LogP contribution in [0.3, 0.4) is 0 Å². The van der Waals surface area contributed by atoms with Gasteiger partial charge in [-0.25, -0.2) is 4.98 Å². The van der Waals surface area contributed by atoms with E-state index in [-0.39, 0.29) is 5.91 Å².